The van der Waals surface area contributed by atoms with Crippen LogP contribution < -0.4 is 5.32 Å². The van der Waals surface area contributed by atoms with E-state index in [2.05, 4.69) is 15.5 Å². The van der Waals surface area contributed by atoms with Gasteiger partial charge in [-0.1, -0.05) is 0 Å². The smallest absolute Gasteiger partial charge is 0.273 e. The molecule has 3 aromatic rings. The van der Waals surface area contributed by atoms with Crippen LogP contribution in [0, 0.1) is 5.82 Å². The third-order valence-corrected chi connectivity index (χ3v) is 4.05. The van der Waals surface area contributed by atoms with Crippen LogP contribution in [0.1, 0.15) is 10.5 Å². The molecule has 0 aliphatic heterocycles. The molecule has 0 fully saturated rings. The Kier molecular flexibility index (Phi) is 4.43. The van der Waals surface area contributed by atoms with Crippen molar-refractivity contribution in [2.24, 2.45) is 0 Å². The third kappa shape index (κ3) is 3.60. The molecule has 2 N–H and O–H groups in total. The van der Waals surface area contributed by atoms with Gasteiger partial charge >= 0.3 is 0 Å². The third-order valence-electron chi connectivity index (χ3n) is 3.31. The van der Waals surface area contributed by atoms with Gasteiger partial charge in [-0.2, -0.15) is 5.10 Å². The number of hydrogen-bond acceptors (Lipinski definition) is 3. The second-order valence-electron chi connectivity index (χ2n) is 4.86. The van der Waals surface area contributed by atoms with Gasteiger partial charge in [-0.25, -0.2) is 4.39 Å². The van der Waals surface area contributed by atoms with Crippen LogP contribution in [0.4, 0.5) is 10.1 Å². The summed E-state index contributed by atoms with van der Waals surface area (Å²) in [5.74, 6) is -0.585. The number of halogens is 1. The van der Waals surface area contributed by atoms with Crippen LogP contribution in [0.3, 0.4) is 0 Å². The van der Waals surface area contributed by atoms with Gasteiger partial charge in [0.05, 0.1) is 5.69 Å². The molecule has 0 spiro atoms. The lowest BCUT2D eigenvalue weighted by atomic mass is 10.1. The van der Waals surface area contributed by atoms with Gasteiger partial charge in [-0.15, -0.1) is 11.8 Å². The Labute approximate surface area is 137 Å². The van der Waals surface area contributed by atoms with Crippen molar-refractivity contribution in [3.8, 4) is 11.3 Å². The number of amides is 1. The van der Waals surface area contributed by atoms with Gasteiger partial charge in [0.2, 0.25) is 0 Å². The SMILES string of the molecule is CSc1ccc(NC(=O)c2cc(-c3ccc(F)cc3)n[nH]2)cc1. The summed E-state index contributed by atoms with van der Waals surface area (Å²) < 4.78 is 12.9. The Bertz CT molecular complexity index is 813. The van der Waals surface area contributed by atoms with E-state index in [1.165, 1.54) is 12.1 Å². The normalized spacial score (nSPS) is 10.5. The Morgan fingerprint density at radius 3 is 2.48 bits per heavy atom. The molecule has 0 radical (unpaired) electrons. The van der Waals surface area contributed by atoms with Gasteiger partial charge in [0.15, 0.2) is 0 Å². The van der Waals surface area contributed by atoms with Crippen molar-refractivity contribution in [2.45, 2.75) is 4.90 Å². The van der Waals surface area contributed by atoms with Crippen LogP contribution in [-0.4, -0.2) is 22.4 Å². The predicted octanol–water partition coefficient (Wildman–Crippen LogP) is 4.19. The average Bonchev–Trinajstić information content (AvgIpc) is 3.06. The van der Waals surface area contributed by atoms with Gasteiger partial charge in [0.1, 0.15) is 11.5 Å². The number of carbonyl (C=O) groups excluding carboxylic acids is 1. The summed E-state index contributed by atoms with van der Waals surface area (Å²) in [5.41, 5.74) is 2.39. The van der Waals surface area contributed by atoms with Gasteiger partial charge < -0.3 is 5.32 Å². The largest absolute Gasteiger partial charge is 0.321 e. The number of nitrogens with zero attached hydrogens (tertiary/aromatic N) is 1. The summed E-state index contributed by atoms with van der Waals surface area (Å²) in [7, 11) is 0. The summed E-state index contributed by atoms with van der Waals surface area (Å²) in [6, 6.07) is 15.2. The van der Waals surface area contributed by atoms with E-state index < -0.39 is 0 Å². The Morgan fingerprint density at radius 1 is 1.13 bits per heavy atom. The van der Waals surface area contributed by atoms with Crippen LogP contribution in [0.2, 0.25) is 0 Å². The lowest BCUT2D eigenvalue weighted by Crippen LogP contribution is -2.12. The van der Waals surface area contributed by atoms with Crippen molar-refractivity contribution in [3.05, 3.63) is 66.1 Å². The maximum absolute atomic E-state index is 12.9. The van der Waals surface area contributed by atoms with Gasteiger partial charge in [-0.05, 0) is 60.9 Å². The van der Waals surface area contributed by atoms with Crippen molar-refractivity contribution in [1.82, 2.24) is 10.2 Å². The van der Waals surface area contributed by atoms with Crippen LogP contribution in [0.25, 0.3) is 11.3 Å². The standard InChI is InChI=1S/C17H14FN3OS/c1-23-14-8-6-13(7-9-14)19-17(22)16-10-15(20-21-16)11-2-4-12(18)5-3-11/h2-10H,1H3,(H,19,22)(H,20,21). The molecule has 116 valence electrons. The number of benzene rings is 2. The molecular weight excluding hydrogens is 313 g/mol. The number of anilines is 1. The zero-order chi connectivity index (χ0) is 16.2. The molecule has 0 aliphatic carbocycles. The molecule has 0 saturated carbocycles. The van der Waals surface area contributed by atoms with Crippen LogP contribution in [-0.2, 0) is 0 Å². The molecule has 0 saturated heterocycles. The molecule has 3 rings (SSSR count). The summed E-state index contributed by atoms with van der Waals surface area (Å²) >= 11 is 1.64. The van der Waals surface area contributed by atoms with Crippen molar-refractivity contribution < 1.29 is 9.18 Å². The second kappa shape index (κ2) is 6.66. The quantitative estimate of drug-likeness (QED) is 0.706. The summed E-state index contributed by atoms with van der Waals surface area (Å²) in [5, 5.41) is 9.60. The average molecular weight is 327 g/mol. The molecule has 2 aromatic carbocycles. The number of hydrogen-bond donors (Lipinski definition) is 2. The van der Waals surface area contributed by atoms with E-state index in [1.807, 2.05) is 30.5 Å². The fourth-order valence-corrected chi connectivity index (χ4v) is 2.49. The first-order valence-corrected chi connectivity index (χ1v) is 8.15. The number of carbonyl (C=O) groups is 1. The summed E-state index contributed by atoms with van der Waals surface area (Å²) in [6.07, 6.45) is 2.00. The highest BCUT2D eigenvalue weighted by Gasteiger charge is 2.11. The van der Waals surface area contributed by atoms with Crippen molar-refractivity contribution >= 4 is 23.4 Å². The fourth-order valence-electron chi connectivity index (χ4n) is 2.08. The topological polar surface area (TPSA) is 57.8 Å². The van der Waals surface area contributed by atoms with Crippen LogP contribution >= 0.6 is 11.8 Å². The second-order valence-corrected chi connectivity index (χ2v) is 5.74. The number of thioether (sulfide) groups is 1. The number of aromatic amines is 1. The van der Waals surface area contributed by atoms with Gasteiger partial charge in [-0.3, -0.25) is 9.89 Å². The molecule has 6 heteroatoms. The molecule has 0 atom stereocenters. The summed E-state index contributed by atoms with van der Waals surface area (Å²) in [4.78, 5) is 13.3. The molecule has 23 heavy (non-hydrogen) atoms. The maximum Gasteiger partial charge on any atom is 0.273 e. The Morgan fingerprint density at radius 2 is 1.83 bits per heavy atom. The summed E-state index contributed by atoms with van der Waals surface area (Å²) in [6.45, 7) is 0. The van der Waals surface area contributed by atoms with Crippen LogP contribution in [0.15, 0.2) is 59.5 Å². The maximum atomic E-state index is 12.9. The minimum Gasteiger partial charge on any atom is -0.321 e. The minimum atomic E-state index is -0.309. The van der Waals surface area contributed by atoms with E-state index >= 15 is 0 Å². The number of aromatic nitrogens is 2. The molecule has 0 unspecified atom stereocenters. The number of H-pyrrole nitrogens is 1. The van der Waals surface area contributed by atoms with Gasteiger partial charge in [0, 0.05) is 16.1 Å². The highest BCUT2D eigenvalue weighted by atomic mass is 32.2. The molecular formula is C17H14FN3OS. The van der Waals surface area contributed by atoms with E-state index in [0.29, 0.717) is 17.1 Å². The Balaban J connectivity index is 1.74. The molecule has 1 amide bonds. The Hall–Kier alpha value is -2.60. The molecule has 1 aromatic heterocycles. The predicted molar refractivity (Wildman–Crippen MR) is 90.2 cm³/mol. The van der Waals surface area contributed by atoms with E-state index in [4.69, 9.17) is 0 Å². The van der Waals surface area contributed by atoms with Crippen molar-refractivity contribution in [1.29, 1.82) is 0 Å². The van der Waals surface area contributed by atoms with E-state index in [9.17, 15) is 9.18 Å². The lowest BCUT2D eigenvalue weighted by Gasteiger charge is -2.04. The zero-order valence-corrected chi connectivity index (χ0v) is 13.2. The highest BCUT2D eigenvalue weighted by molar-refractivity contribution is 7.98. The first-order valence-electron chi connectivity index (χ1n) is 6.92. The van der Waals surface area contributed by atoms with Crippen molar-refractivity contribution in [2.75, 3.05) is 11.6 Å². The fraction of sp³-hybridized carbons (Fsp3) is 0.0588. The monoisotopic (exact) mass is 327 g/mol. The molecule has 1 heterocycles. The van der Waals surface area contributed by atoms with E-state index in [0.717, 1.165) is 10.5 Å². The van der Waals surface area contributed by atoms with Crippen LogP contribution in [0.5, 0.6) is 0 Å². The number of rotatable bonds is 4. The lowest BCUT2D eigenvalue weighted by molar-refractivity contribution is 0.102. The van der Waals surface area contributed by atoms with Gasteiger partial charge in [0.25, 0.3) is 5.91 Å². The first kappa shape index (κ1) is 15.3. The zero-order valence-electron chi connectivity index (χ0n) is 12.3. The number of nitrogens with one attached hydrogen (secondary N) is 2. The minimum absolute atomic E-state index is 0.275. The first-order chi connectivity index (χ1) is 11.2. The van der Waals surface area contributed by atoms with Crippen molar-refractivity contribution in [3.63, 3.8) is 0 Å². The van der Waals surface area contributed by atoms with E-state index in [-0.39, 0.29) is 11.7 Å². The molecule has 4 nitrogen and oxygen atoms in total. The molecule has 0 bridgehead atoms. The molecule has 0 aliphatic rings. The van der Waals surface area contributed by atoms with E-state index in [1.54, 1.807) is 30.0 Å². The highest BCUT2D eigenvalue weighted by Crippen LogP contribution is 2.20.